The van der Waals surface area contributed by atoms with Crippen LogP contribution in [0, 0.1) is 5.92 Å². The van der Waals surface area contributed by atoms with Crippen molar-refractivity contribution in [3.63, 3.8) is 0 Å². The topological polar surface area (TPSA) is 180 Å². The summed E-state index contributed by atoms with van der Waals surface area (Å²) in [7, 11) is 1.54. The fourth-order valence-corrected chi connectivity index (χ4v) is 4.37. The van der Waals surface area contributed by atoms with Crippen molar-refractivity contribution in [1.82, 2.24) is 20.2 Å². The maximum Gasteiger partial charge on any atom is 0.414 e. The third-order valence-corrected chi connectivity index (χ3v) is 6.38. The number of ether oxygens (including phenoxy) is 2. The minimum Gasteiger partial charge on any atom is -0.481 e. The number of amides is 2. The van der Waals surface area contributed by atoms with Gasteiger partial charge in [-0.05, 0) is 38.4 Å². The van der Waals surface area contributed by atoms with Gasteiger partial charge in [0.1, 0.15) is 5.52 Å². The number of rotatable bonds is 11. The molecule has 220 valence electrons. The molecule has 2 atom stereocenters. The van der Waals surface area contributed by atoms with Gasteiger partial charge in [0.2, 0.25) is 5.88 Å². The summed E-state index contributed by atoms with van der Waals surface area (Å²) < 4.78 is 10.5. The van der Waals surface area contributed by atoms with Crippen LogP contribution in [-0.4, -0.2) is 88.4 Å². The quantitative estimate of drug-likeness (QED) is 0.180. The third kappa shape index (κ3) is 10.3. The second kappa shape index (κ2) is 16.9. The Balaban J connectivity index is 0.000000840. The average molecular weight is 562 g/mol. The molecule has 0 bridgehead atoms. The lowest BCUT2D eigenvalue weighted by atomic mass is 9.92. The highest BCUT2D eigenvalue weighted by atomic mass is 16.5. The molecule has 1 aliphatic rings. The lowest BCUT2D eigenvalue weighted by Gasteiger charge is -2.37. The van der Waals surface area contributed by atoms with Crippen molar-refractivity contribution in [2.75, 3.05) is 38.7 Å². The van der Waals surface area contributed by atoms with Crippen LogP contribution in [0.15, 0.2) is 24.4 Å². The van der Waals surface area contributed by atoms with E-state index in [9.17, 15) is 9.59 Å². The van der Waals surface area contributed by atoms with Gasteiger partial charge in [-0.15, -0.1) is 0 Å². The van der Waals surface area contributed by atoms with Crippen LogP contribution in [0.4, 0.5) is 10.5 Å². The van der Waals surface area contributed by atoms with Gasteiger partial charge >= 0.3 is 23.9 Å². The number of methoxy groups -OCH3 is 1. The molecule has 1 saturated heterocycles. The van der Waals surface area contributed by atoms with Crippen LogP contribution in [0.2, 0.25) is 0 Å². The van der Waals surface area contributed by atoms with E-state index in [0.717, 1.165) is 19.5 Å². The summed E-state index contributed by atoms with van der Waals surface area (Å²) in [5.41, 5.74) is 1.71. The maximum atomic E-state index is 12.9. The molecule has 0 aromatic carbocycles. The molecule has 0 unspecified atom stereocenters. The van der Waals surface area contributed by atoms with Crippen LogP contribution < -0.4 is 15.4 Å². The minimum atomic E-state index is -1.82. The van der Waals surface area contributed by atoms with Gasteiger partial charge in [-0.1, -0.05) is 32.6 Å². The number of carbonyl (C=O) groups excluding carboxylic acids is 2. The van der Waals surface area contributed by atoms with Crippen molar-refractivity contribution in [1.29, 1.82) is 0 Å². The number of pyridine rings is 2. The average Bonchev–Trinajstić information content (AvgIpc) is 2.94. The van der Waals surface area contributed by atoms with E-state index in [4.69, 9.17) is 29.3 Å². The number of anilines is 1. The van der Waals surface area contributed by atoms with Crippen LogP contribution in [0.5, 0.6) is 5.88 Å². The van der Waals surface area contributed by atoms with Crippen LogP contribution in [0.3, 0.4) is 0 Å². The molecule has 4 N–H and O–H groups in total. The van der Waals surface area contributed by atoms with Crippen LogP contribution in [-0.2, 0) is 19.1 Å². The number of aromatic nitrogens is 2. The normalized spacial score (nSPS) is 16.8. The van der Waals surface area contributed by atoms with E-state index in [0.29, 0.717) is 42.2 Å². The number of fused-ring (bicyclic) bond motifs is 1. The number of likely N-dealkylation sites (tertiary alicyclic amines) is 1. The van der Waals surface area contributed by atoms with Gasteiger partial charge in [0.05, 0.1) is 30.8 Å². The minimum absolute atomic E-state index is 0.260. The molecule has 2 aromatic heterocycles. The van der Waals surface area contributed by atoms with Crippen LogP contribution in [0.1, 0.15) is 52.4 Å². The van der Waals surface area contributed by atoms with E-state index < -0.39 is 17.9 Å². The Morgan fingerprint density at radius 3 is 2.42 bits per heavy atom. The van der Waals surface area contributed by atoms with Gasteiger partial charge < -0.3 is 35.2 Å². The van der Waals surface area contributed by atoms with Crippen LogP contribution in [0.25, 0.3) is 11.0 Å². The highest BCUT2D eigenvalue weighted by molar-refractivity contribution is 6.27. The molecule has 2 aromatic rings. The third-order valence-electron chi connectivity index (χ3n) is 6.38. The molecule has 0 saturated carbocycles. The molecule has 0 aliphatic carbocycles. The molecule has 0 radical (unpaired) electrons. The smallest absolute Gasteiger partial charge is 0.414 e. The van der Waals surface area contributed by atoms with Gasteiger partial charge in [-0.25, -0.2) is 19.4 Å². The molecule has 0 spiro atoms. The predicted octanol–water partition coefficient (Wildman–Crippen LogP) is 3.14. The monoisotopic (exact) mass is 561 g/mol. The largest absolute Gasteiger partial charge is 0.481 e. The molecular weight excluding hydrogens is 522 g/mol. The van der Waals surface area contributed by atoms with Gasteiger partial charge in [0.15, 0.2) is 0 Å². The summed E-state index contributed by atoms with van der Waals surface area (Å²) in [6, 6.07) is 4.52. The Hall–Kier alpha value is -4.00. The Kier molecular flexibility index (Phi) is 13.6. The highest BCUT2D eigenvalue weighted by Gasteiger charge is 2.36. The molecule has 13 nitrogen and oxygen atoms in total. The maximum absolute atomic E-state index is 12.9. The Morgan fingerprint density at radius 2 is 1.77 bits per heavy atom. The number of unbranched alkanes of at least 4 members (excludes halogenated alkanes) is 4. The Morgan fingerprint density at radius 1 is 1.05 bits per heavy atom. The summed E-state index contributed by atoms with van der Waals surface area (Å²) in [6.07, 6.45) is 8.38. The van der Waals surface area contributed by atoms with Crippen molar-refractivity contribution in [2.24, 2.45) is 5.92 Å². The number of carbonyl (C=O) groups is 4. The first-order valence-electron chi connectivity index (χ1n) is 13.4. The molecule has 3 rings (SSSR count). The fourth-order valence-electron chi connectivity index (χ4n) is 4.37. The SMILES string of the molecule is CCCCCCCN1CC[C@H](NC(=O)Nc2ccnc3ccc(OC)nc23)[C@H](C(=O)OCC)C1.O=C(O)C(=O)O. The highest BCUT2D eigenvalue weighted by Crippen LogP contribution is 2.23. The van der Waals surface area contributed by atoms with Crippen molar-refractivity contribution in [3.05, 3.63) is 24.4 Å². The van der Waals surface area contributed by atoms with E-state index in [1.807, 2.05) is 0 Å². The first kappa shape index (κ1) is 32.2. The lowest BCUT2D eigenvalue weighted by molar-refractivity contribution is -0.159. The summed E-state index contributed by atoms with van der Waals surface area (Å²) in [5.74, 6) is -3.87. The first-order valence-corrected chi connectivity index (χ1v) is 13.4. The number of carboxylic acid groups (broad SMARTS) is 2. The van der Waals surface area contributed by atoms with Crippen molar-refractivity contribution >= 4 is 40.7 Å². The van der Waals surface area contributed by atoms with Crippen molar-refractivity contribution < 1.29 is 38.9 Å². The van der Waals surface area contributed by atoms with Gasteiger partial charge in [0.25, 0.3) is 0 Å². The van der Waals surface area contributed by atoms with E-state index >= 15 is 0 Å². The van der Waals surface area contributed by atoms with E-state index in [2.05, 4.69) is 32.4 Å². The summed E-state index contributed by atoms with van der Waals surface area (Å²) in [4.78, 5) is 54.8. The van der Waals surface area contributed by atoms with E-state index in [1.165, 1.54) is 32.8 Å². The zero-order chi connectivity index (χ0) is 29.5. The van der Waals surface area contributed by atoms with Gasteiger partial charge in [0, 0.05) is 31.4 Å². The molecule has 3 heterocycles. The second-order valence-electron chi connectivity index (χ2n) is 9.26. The van der Waals surface area contributed by atoms with E-state index in [-0.39, 0.29) is 18.0 Å². The van der Waals surface area contributed by atoms with Crippen LogP contribution >= 0.6 is 0 Å². The number of hydrogen-bond acceptors (Lipinski definition) is 9. The summed E-state index contributed by atoms with van der Waals surface area (Å²) >= 11 is 0. The Labute approximate surface area is 233 Å². The number of nitrogens with zero attached hydrogens (tertiary/aromatic N) is 3. The molecule has 40 heavy (non-hydrogen) atoms. The lowest BCUT2D eigenvalue weighted by Crippen LogP contribution is -2.54. The molecule has 13 heteroatoms. The number of nitrogens with one attached hydrogen (secondary N) is 2. The van der Waals surface area contributed by atoms with Crippen molar-refractivity contribution in [3.8, 4) is 5.88 Å². The van der Waals surface area contributed by atoms with Gasteiger partial charge in [-0.2, -0.15) is 0 Å². The first-order chi connectivity index (χ1) is 19.2. The Bertz CT molecular complexity index is 1130. The second-order valence-corrected chi connectivity index (χ2v) is 9.26. The zero-order valence-electron chi connectivity index (χ0n) is 23.2. The predicted molar refractivity (Wildman–Crippen MR) is 147 cm³/mol. The number of urea groups is 1. The van der Waals surface area contributed by atoms with E-state index in [1.54, 1.807) is 31.3 Å². The van der Waals surface area contributed by atoms with Gasteiger partial charge in [-0.3, -0.25) is 9.78 Å². The van der Waals surface area contributed by atoms with Crippen molar-refractivity contribution in [2.45, 2.75) is 58.4 Å². The number of aliphatic carboxylic acids is 2. The number of carboxylic acids is 2. The summed E-state index contributed by atoms with van der Waals surface area (Å²) in [6.45, 7) is 6.73. The number of hydrogen-bond donors (Lipinski definition) is 4. The molecular formula is C27H39N5O8. The standard InChI is InChI=1S/C25H37N5O4.C2H2O4/c1-4-6-7-8-9-15-30-16-13-19(18(17-30)24(31)34-5-2)27-25(32)28-21-12-14-26-20-10-11-22(33-3)29-23(20)21;3-1(4)2(5)6/h10-12,14,18-19H,4-9,13,15-17H2,1-3H3,(H2,26,27,28,32);(H,3,4)(H,5,6)/t18-,19+;/m1./s1. The molecule has 1 fully saturated rings. The number of esters is 1. The molecule has 1 aliphatic heterocycles. The fraction of sp³-hybridized carbons (Fsp3) is 0.556. The molecule has 2 amide bonds. The zero-order valence-corrected chi connectivity index (χ0v) is 23.2. The number of piperidine rings is 1. The summed E-state index contributed by atoms with van der Waals surface area (Å²) in [5, 5.41) is 20.6.